The van der Waals surface area contributed by atoms with Gasteiger partial charge >= 0.3 is 0 Å². The average molecular weight is 300 g/mol. The Morgan fingerprint density at radius 2 is 1.91 bits per heavy atom. The van der Waals surface area contributed by atoms with E-state index in [0.717, 1.165) is 39.3 Å². The van der Waals surface area contributed by atoms with E-state index in [0.29, 0.717) is 0 Å². The first kappa shape index (κ1) is 15.5. The van der Waals surface area contributed by atoms with Gasteiger partial charge in [0.2, 0.25) is 0 Å². The average Bonchev–Trinajstić information content (AvgIpc) is 2.96. The summed E-state index contributed by atoms with van der Waals surface area (Å²) in [5.74, 6) is 0. The number of benzene rings is 1. The predicted molar refractivity (Wildman–Crippen MR) is 92.7 cm³/mol. The lowest BCUT2D eigenvalue weighted by atomic mass is 10.1. The third kappa shape index (κ3) is 3.88. The van der Waals surface area contributed by atoms with E-state index in [1.807, 2.05) is 0 Å². The van der Waals surface area contributed by atoms with Crippen molar-refractivity contribution in [2.75, 3.05) is 32.7 Å². The number of piperazine rings is 1. The van der Waals surface area contributed by atoms with Crippen molar-refractivity contribution in [3.8, 4) is 0 Å². The van der Waals surface area contributed by atoms with Crippen LogP contribution in [0.1, 0.15) is 31.7 Å². The molecule has 3 rings (SSSR count). The quantitative estimate of drug-likeness (QED) is 0.772. The van der Waals surface area contributed by atoms with Gasteiger partial charge < -0.3 is 4.98 Å². The largest absolute Gasteiger partial charge is 0.361 e. The van der Waals surface area contributed by atoms with Crippen LogP contribution in [0.4, 0.5) is 0 Å². The molecule has 0 saturated carbocycles. The van der Waals surface area contributed by atoms with E-state index >= 15 is 0 Å². The lowest BCUT2D eigenvalue weighted by molar-refractivity contribution is 0.0854. The highest BCUT2D eigenvalue weighted by atomic mass is 15.5. The Morgan fingerprint density at radius 1 is 1.09 bits per heavy atom. The topological polar surface area (TPSA) is 34.3 Å². The van der Waals surface area contributed by atoms with Gasteiger partial charge in [0.05, 0.1) is 0 Å². The van der Waals surface area contributed by atoms with Crippen molar-refractivity contribution >= 4 is 10.9 Å². The molecule has 0 radical (unpaired) electrons. The molecule has 0 amide bonds. The maximum Gasteiger partial charge on any atom is 0.0457 e. The third-order valence-electron chi connectivity index (χ3n) is 4.56. The number of hydrogen-bond donors (Lipinski definition) is 2. The Hall–Kier alpha value is -1.36. The maximum absolute atomic E-state index is 3.57. The Labute approximate surface area is 133 Å². The minimum atomic E-state index is 1.05. The highest BCUT2D eigenvalue weighted by molar-refractivity contribution is 5.82. The fourth-order valence-corrected chi connectivity index (χ4v) is 3.18. The number of hydrogen-bond acceptors (Lipinski definition) is 3. The second-order valence-corrected chi connectivity index (χ2v) is 6.24. The summed E-state index contributed by atoms with van der Waals surface area (Å²) in [5.41, 5.74) is 6.23. The van der Waals surface area contributed by atoms with Crippen LogP contribution in [0.5, 0.6) is 0 Å². The van der Waals surface area contributed by atoms with E-state index in [1.165, 1.54) is 35.7 Å². The van der Waals surface area contributed by atoms with Crippen LogP contribution in [-0.4, -0.2) is 47.6 Å². The number of fused-ring (bicyclic) bond motifs is 1. The molecule has 2 heterocycles. The molecule has 2 aromatic rings. The van der Waals surface area contributed by atoms with E-state index in [2.05, 4.69) is 57.7 Å². The zero-order valence-corrected chi connectivity index (χ0v) is 13.6. The number of rotatable bonds is 7. The van der Waals surface area contributed by atoms with Crippen molar-refractivity contribution in [2.45, 2.75) is 32.7 Å². The highest BCUT2D eigenvalue weighted by Gasteiger charge is 2.17. The number of para-hydroxylation sites is 1. The molecular weight excluding hydrogens is 272 g/mol. The molecule has 0 unspecified atom stereocenters. The lowest BCUT2D eigenvalue weighted by Crippen LogP contribution is -2.51. The Kier molecular flexibility index (Phi) is 5.48. The van der Waals surface area contributed by atoms with Crippen LogP contribution < -0.4 is 5.43 Å². The molecule has 1 aliphatic rings. The van der Waals surface area contributed by atoms with Gasteiger partial charge in [0.25, 0.3) is 0 Å². The van der Waals surface area contributed by atoms with Gasteiger partial charge in [0.15, 0.2) is 0 Å². The number of aromatic amines is 1. The summed E-state index contributed by atoms with van der Waals surface area (Å²) in [5, 5.41) is 3.75. The second-order valence-electron chi connectivity index (χ2n) is 6.24. The number of unbranched alkanes of at least 4 members (excludes halogenated alkanes) is 2. The molecule has 1 fully saturated rings. The van der Waals surface area contributed by atoms with Gasteiger partial charge in [0.1, 0.15) is 0 Å². The monoisotopic (exact) mass is 300 g/mol. The fourth-order valence-electron chi connectivity index (χ4n) is 3.18. The van der Waals surface area contributed by atoms with E-state index < -0.39 is 0 Å². The van der Waals surface area contributed by atoms with Gasteiger partial charge in [-0.05, 0) is 18.1 Å². The number of nitrogens with one attached hydrogen (secondary N) is 2. The third-order valence-corrected chi connectivity index (χ3v) is 4.56. The Balaban J connectivity index is 1.46. The smallest absolute Gasteiger partial charge is 0.0457 e. The van der Waals surface area contributed by atoms with Crippen LogP contribution in [0.15, 0.2) is 30.5 Å². The first-order valence-electron chi connectivity index (χ1n) is 8.62. The molecule has 0 atom stereocenters. The normalized spacial score (nSPS) is 17.3. The lowest BCUT2D eigenvalue weighted by Gasteiger charge is -2.34. The molecule has 22 heavy (non-hydrogen) atoms. The van der Waals surface area contributed by atoms with Crippen molar-refractivity contribution in [2.24, 2.45) is 0 Å². The van der Waals surface area contributed by atoms with E-state index in [9.17, 15) is 0 Å². The molecule has 1 aromatic heterocycles. The Bertz CT molecular complexity index is 569. The standard InChI is InChI=1S/C18H28N4/c1-2-3-6-9-20-22-12-10-21(11-13-22)15-16-14-19-18-8-5-4-7-17(16)18/h4-5,7-8,14,19-20H,2-3,6,9-13,15H2,1H3. The summed E-state index contributed by atoms with van der Waals surface area (Å²) >= 11 is 0. The molecule has 0 aliphatic carbocycles. The molecule has 1 aliphatic heterocycles. The van der Waals surface area contributed by atoms with Crippen LogP contribution in [0.3, 0.4) is 0 Å². The van der Waals surface area contributed by atoms with Crippen molar-refractivity contribution in [1.29, 1.82) is 0 Å². The highest BCUT2D eigenvalue weighted by Crippen LogP contribution is 2.19. The molecule has 0 spiro atoms. The summed E-state index contributed by atoms with van der Waals surface area (Å²) in [7, 11) is 0. The molecule has 4 heteroatoms. The van der Waals surface area contributed by atoms with Crippen molar-refractivity contribution < 1.29 is 0 Å². The van der Waals surface area contributed by atoms with Crippen molar-refractivity contribution in [3.05, 3.63) is 36.0 Å². The molecule has 4 nitrogen and oxygen atoms in total. The number of aromatic nitrogens is 1. The van der Waals surface area contributed by atoms with Crippen LogP contribution in [0.25, 0.3) is 10.9 Å². The van der Waals surface area contributed by atoms with E-state index in [-0.39, 0.29) is 0 Å². The summed E-state index contributed by atoms with van der Waals surface area (Å²) in [6.07, 6.45) is 6.07. The van der Waals surface area contributed by atoms with E-state index in [1.54, 1.807) is 0 Å². The first-order valence-corrected chi connectivity index (χ1v) is 8.62. The summed E-state index contributed by atoms with van der Waals surface area (Å²) in [6.45, 7) is 8.94. The fraction of sp³-hybridized carbons (Fsp3) is 0.556. The SMILES string of the molecule is CCCCCNN1CCN(Cc2c[nH]c3ccccc23)CC1. The first-order chi connectivity index (χ1) is 10.9. The van der Waals surface area contributed by atoms with Crippen LogP contribution in [0, 0.1) is 0 Å². The predicted octanol–water partition coefficient (Wildman–Crippen LogP) is 2.98. The molecule has 1 aromatic carbocycles. The van der Waals surface area contributed by atoms with Gasteiger partial charge in [-0.25, -0.2) is 5.01 Å². The van der Waals surface area contributed by atoms with Gasteiger partial charge in [-0.15, -0.1) is 0 Å². The van der Waals surface area contributed by atoms with Gasteiger partial charge in [-0.2, -0.15) is 0 Å². The molecule has 120 valence electrons. The number of hydrazine groups is 1. The second kappa shape index (κ2) is 7.77. The molecule has 2 N–H and O–H groups in total. The van der Waals surface area contributed by atoms with Crippen LogP contribution >= 0.6 is 0 Å². The van der Waals surface area contributed by atoms with Crippen molar-refractivity contribution in [1.82, 2.24) is 20.3 Å². The number of H-pyrrole nitrogens is 1. The van der Waals surface area contributed by atoms with Crippen LogP contribution in [-0.2, 0) is 6.54 Å². The summed E-state index contributed by atoms with van der Waals surface area (Å²) in [4.78, 5) is 5.93. The van der Waals surface area contributed by atoms with Crippen LogP contribution in [0.2, 0.25) is 0 Å². The number of nitrogens with zero attached hydrogens (tertiary/aromatic N) is 2. The molecular formula is C18H28N4. The molecule has 1 saturated heterocycles. The zero-order chi connectivity index (χ0) is 15.2. The molecule has 0 bridgehead atoms. The van der Waals surface area contributed by atoms with Gasteiger partial charge in [0, 0.05) is 56.4 Å². The summed E-state index contributed by atoms with van der Waals surface area (Å²) in [6, 6.07) is 8.58. The Morgan fingerprint density at radius 3 is 2.73 bits per heavy atom. The van der Waals surface area contributed by atoms with Gasteiger partial charge in [-0.3, -0.25) is 10.3 Å². The zero-order valence-electron chi connectivity index (χ0n) is 13.6. The van der Waals surface area contributed by atoms with Crippen molar-refractivity contribution in [3.63, 3.8) is 0 Å². The summed E-state index contributed by atoms with van der Waals surface area (Å²) < 4.78 is 0. The minimum Gasteiger partial charge on any atom is -0.361 e. The minimum absolute atomic E-state index is 1.05. The maximum atomic E-state index is 3.57. The van der Waals surface area contributed by atoms with Gasteiger partial charge in [-0.1, -0.05) is 38.0 Å². The van der Waals surface area contributed by atoms with E-state index in [4.69, 9.17) is 0 Å².